The number of ether oxygens (including phenoxy) is 1. The van der Waals surface area contributed by atoms with Gasteiger partial charge in [0.1, 0.15) is 11.6 Å². The van der Waals surface area contributed by atoms with Crippen molar-refractivity contribution in [2.45, 2.75) is 38.9 Å². The molecule has 1 saturated heterocycles. The standard InChI is InChI=1S/C13H22N4O2/c1-8(2)13-15-11(4-12(18)16-13)17-6-9(3)19-10(5-14)7-17/h4,8-10H,5-7,14H2,1-3H3,(H,15,16,18). The monoisotopic (exact) mass is 266 g/mol. The topological polar surface area (TPSA) is 84.2 Å². The minimum absolute atomic E-state index is 0.00709. The summed E-state index contributed by atoms with van der Waals surface area (Å²) in [5, 5.41) is 0. The SMILES string of the molecule is CC1CN(c2cc(=O)[nH]c(C(C)C)n2)CC(CN)O1. The van der Waals surface area contributed by atoms with Crippen LogP contribution in [0.5, 0.6) is 0 Å². The zero-order valence-corrected chi connectivity index (χ0v) is 11.7. The Balaban J connectivity index is 2.27. The van der Waals surface area contributed by atoms with E-state index in [4.69, 9.17) is 10.5 Å². The minimum Gasteiger partial charge on any atom is -0.370 e. The third-order valence-electron chi connectivity index (χ3n) is 3.21. The first kappa shape index (κ1) is 14.0. The fourth-order valence-corrected chi connectivity index (χ4v) is 2.26. The van der Waals surface area contributed by atoms with E-state index in [1.165, 1.54) is 6.07 Å². The highest BCUT2D eigenvalue weighted by Crippen LogP contribution is 2.18. The van der Waals surface area contributed by atoms with Gasteiger partial charge in [-0.3, -0.25) is 4.79 Å². The van der Waals surface area contributed by atoms with E-state index in [-0.39, 0.29) is 23.7 Å². The maximum Gasteiger partial charge on any atom is 0.252 e. The van der Waals surface area contributed by atoms with Gasteiger partial charge in [0.25, 0.3) is 5.56 Å². The van der Waals surface area contributed by atoms with Gasteiger partial charge in [0, 0.05) is 31.6 Å². The first-order valence-corrected chi connectivity index (χ1v) is 6.71. The molecule has 1 fully saturated rings. The molecule has 0 spiro atoms. The largest absolute Gasteiger partial charge is 0.370 e. The van der Waals surface area contributed by atoms with Crippen LogP contribution in [0.1, 0.15) is 32.5 Å². The van der Waals surface area contributed by atoms with Crippen molar-refractivity contribution in [3.63, 3.8) is 0 Å². The fourth-order valence-electron chi connectivity index (χ4n) is 2.26. The number of hydrogen-bond donors (Lipinski definition) is 2. The molecule has 2 atom stereocenters. The molecule has 19 heavy (non-hydrogen) atoms. The third-order valence-corrected chi connectivity index (χ3v) is 3.21. The summed E-state index contributed by atoms with van der Waals surface area (Å²) in [4.78, 5) is 21.1. The highest BCUT2D eigenvalue weighted by Gasteiger charge is 2.25. The minimum atomic E-state index is -0.114. The molecule has 3 N–H and O–H groups in total. The quantitative estimate of drug-likeness (QED) is 0.829. The number of nitrogens with two attached hydrogens (primary N) is 1. The molecule has 1 aromatic heterocycles. The normalized spacial score (nSPS) is 23.9. The van der Waals surface area contributed by atoms with Gasteiger partial charge < -0.3 is 20.4 Å². The summed E-state index contributed by atoms with van der Waals surface area (Å²) in [5.41, 5.74) is 5.56. The van der Waals surface area contributed by atoms with Gasteiger partial charge in [-0.15, -0.1) is 0 Å². The average molecular weight is 266 g/mol. The summed E-state index contributed by atoms with van der Waals surface area (Å²) in [5.74, 6) is 1.61. The Hall–Kier alpha value is -1.40. The van der Waals surface area contributed by atoms with Gasteiger partial charge >= 0.3 is 0 Å². The lowest BCUT2D eigenvalue weighted by Crippen LogP contribution is -2.50. The molecule has 0 radical (unpaired) electrons. The van der Waals surface area contributed by atoms with Crippen molar-refractivity contribution < 1.29 is 4.74 Å². The van der Waals surface area contributed by atoms with Crippen LogP contribution in [-0.4, -0.2) is 41.8 Å². The Morgan fingerprint density at radius 1 is 1.58 bits per heavy atom. The second-order valence-corrected chi connectivity index (χ2v) is 5.35. The summed E-state index contributed by atoms with van der Waals surface area (Å²) in [6.07, 6.45) is 0.0817. The first-order valence-electron chi connectivity index (χ1n) is 6.71. The number of rotatable bonds is 3. The second kappa shape index (κ2) is 5.71. The van der Waals surface area contributed by atoms with Gasteiger partial charge in [0.05, 0.1) is 12.2 Å². The van der Waals surface area contributed by atoms with Crippen LogP contribution in [-0.2, 0) is 4.74 Å². The molecule has 0 aliphatic carbocycles. The molecule has 0 aromatic carbocycles. The number of H-pyrrole nitrogens is 1. The Labute approximate surface area is 113 Å². The van der Waals surface area contributed by atoms with Crippen molar-refractivity contribution in [2.24, 2.45) is 5.73 Å². The number of aromatic amines is 1. The summed E-state index contributed by atoms with van der Waals surface area (Å²) in [6.45, 7) is 7.89. The molecular formula is C13H22N4O2. The Bertz CT molecular complexity index is 486. The molecule has 2 heterocycles. The van der Waals surface area contributed by atoms with Crippen molar-refractivity contribution >= 4 is 5.82 Å². The molecule has 6 heteroatoms. The van der Waals surface area contributed by atoms with Gasteiger partial charge in [0.2, 0.25) is 0 Å². The average Bonchev–Trinajstić information content (AvgIpc) is 2.37. The molecule has 106 valence electrons. The smallest absolute Gasteiger partial charge is 0.252 e. The zero-order chi connectivity index (χ0) is 14.0. The van der Waals surface area contributed by atoms with E-state index < -0.39 is 0 Å². The van der Waals surface area contributed by atoms with E-state index in [0.29, 0.717) is 24.7 Å². The fraction of sp³-hybridized carbons (Fsp3) is 0.692. The predicted molar refractivity (Wildman–Crippen MR) is 74.5 cm³/mol. The van der Waals surface area contributed by atoms with Gasteiger partial charge in [-0.2, -0.15) is 0 Å². The molecule has 0 amide bonds. The van der Waals surface area contributed by atoms with E-state index in [1.807, 2.05) is 20.8 Å². The lowest BCUT2D eigenvalue weighted by atomic mass is 10.2. The molecule has 0 bridgehead atoms. The summed E-state index contributed by atoms with van der Waals surface area (Å²) in [6, 6.07) is 1.54. The molecule has 1 aliphatic heterocycles. The Kier molecular flexibility index (Phi) is 4.21. The van der Waals surface area contributed by atoms with Crippen LogP contribution < -0.4 is 16.2 Å². The molecule has 0 saturated carbocycles. The van der Waals surface area contributed by atoms with Gasteiger partial charge in [0.15, 0.2) is 0 Å². The maximum absolute atomic E-state index is 11.7. The van der Waals surface area contributed by atoms with Gasteiger partial charge in [-0.25, -0.2) is 4.98 Å². The Morgan fingerprint density at radius 2 is 2.32 bits per heavy atom. The van der Waals surface area contributed by atoms with E-state index in [9.17, 15) is 4.79 Å². The molecule has 1 aromatic rings. The number of hydrogen-bond acceptors (Lipinski definition) is 5. The van der Waals surface area contributed by atoms with Crippen LogP contribution in [0.15, 0.2) is 10.9 Å². The number of morpholine rings is 1. The number of nitrogens with one attached hydrogen (secondary N) is 1. The van der Waals surface area contributed by atoms with Crippen LogP contribution in [0.2, 0.25) is 0 Å². The zero-order valence-electron chi connectivity index (χ0n) is 11.7. The third kappa shape index (κ3) is 3.33. The van der Waals surface area contributed by atoms with Crippen molar-refractivity contribution in [1.29, 1.82) is 0 Å². The second-order valence-electron chi connectivity index (χ2n) is 5.35. The number of aromatic nitrogens is 2. The van der Waals surface area contributed by atoms with Crippen molar-refractivity contribution in [3.8, 4) is 0 Å². The molecule has 6 nitrogen and oxygen atoms in total. The first-order chi connectivity index (χ1) is 8.99. The predicted octanol–water partition coefficient (Wildman–Crippen LogP) is 0.446. The lowest BCUT2D eigenvalue weighted by molar-refractivity contribution is -0.0107. The number of nitrogens with zero attached hydrogens (tertiary/aromatic N) is 2. The van der Waals surface area contributed by atoms with E-state index in [0.717, 1.165) is 6.54 Å². The summed E-state index contributed by atoms with van der Waals surface area (Å²) < 4.78 is 5.71. The summed E-state index contributed by atoms with van der Waals surface area (Å²) >= 11 is 0. The van der Waals surface area contributed by atoms with Crippen molar-refractivity contribution in [3.05, 3.63) is 22.2 Å². The van der Waals surface area contributed by atoms with Crippen LogP contribution >= 0.6 is 0 Å². The Morgan fingerprint density at radius 3 is 2.95 bits per heavy atom. The molecule has 2 rings (SSSR count). The molecule has 2 unspecified atom stereocenters. The van der Waals surface area contributed by atoms with E-state index in [2.05, 4.69) is 14.9 Å². The van der Waals surface area contributed by atoms with Gasteiger partial charge in [-0.05, 0) is 6.92 Å². The van der Waals surface area contributed by atoms with Crippen molar-refractivity contribution in [2.75, 3.05) is 24.5 Å². The molecular weight excluding hydrogens is 244 g/mol. The van der Waals surface area contributed by atoms with E-state index >= 15 is 0 Å². The van der Waals surface area contributed by atoms with Crippen LogP contribution in [0.4, 0.5) is 5.82 Å². The highest BCUT2D eigenvalue weighted by molar-refractivity contribution is 5.38. The lowest BCUT2D eigenvalue weighted by Gasteiger charge is -2.37. The molecule has 1 aliphatic rings. The van der Waals surface area contributed by atoms with E-state index in [1.54, 1.807) is 0 Å². The summed E-state index contributed by atoms with van der Waals surface area (Å²) in [7, 11) is 0. The van der Waals surface area contributed by atoms with Crippen molar-refractivity contribution in [1.82, 2.24) is 9.97 Å². The van der Waals surface area contributed by atoms with Crippen LogP contribution in [0, 0.1) is 0 Å². The van der Waals surface area contributed by atoms with Crippen LogP contribution in [0.3, 0.4) is 0 Å². The van der Waals surface area contributed by atoms with Crippen LogP contribution in [0.25, 0.3) is 0 Å². The number of anilines is 1. The highest BCUT2D eigenvalue weighted by atomic mass is 16.5. The van der Waals surface area contributed by atoms with Gasteiger partial charge in [-0.1, -0.05) is 13.8 Å². The maximum atomic E-state index is 11.7.